The van der Waals surface area contributed by atoms with Gasteiger partial charge in [0.25, 0.3) is 0 Å². The average Bonchev–Trinajstić information content (AvgIpc) is 2.33. The lowest BCUT2D eigenvalue weighted by molar-refractivity contribution is 0.0433. The Morgan fingerprint density at radius 1 is 1.16 bits per heavy atom. The Morgan fingerprint density at radius 3 is 2.26 bits per heavy atom. The highest BCUT2D eigenvalue weighted by Gasteiger charge is 2.14. The summed E-state index contributed by atoms with van der Waals surface area (Å²) in [7, 11) is 3.65. The van der Waals surface area contributed by atoms with Crippen molar-refractivity contribution < 1.29 is 14.6 Å². The minimum atomic E-state index is -0.647. The summed E-state index contributed by atoms with van der Waals surface area (Å²) in [6, 6.07) is 7.57. The van der Waals surface area contributed by atoms with E-state index in [-0.39, 0.29) is 0 Å². The van der Waals surface area contributed by atoms with Crippen LogP contribution in [0.5, 0.6) is 11.5 Å². The van der Waals surface area contributed by atoms with Gasteiger partial charge in [-0.05, 0) is 51.6 Å². The smallest absolute Gasteiger partial charge is 0.119 e. The second kappa shape index (κ2) is 7.36. The standard InChI is InChI=1S/C15H25NO3/c1-15(2,17)12-16(3)10-5-11-19-14-8-6-13(18-4)7-9-14/h6-9,17H,5,10-12H2,1-4H3. The highest BCUT2D eigenvalue weighted by molar-refractivity contribution is 5.31. The molecule has 0 aliphatic rings. The van der Waals surface area contributed by atoms with Crippen LogP contribution in [0, 0.1) is 0 Å². The lowest BCUT2D eigenvalue weighted by atomic mass is 10.1. The molecule has 0 saturated carbocycles. The third kappa shape index (κ3) is 7.03. The zero-order chi connectivity index (χ0) is 14.3. The van der Waals surface area contributed by atoms with Crippen LogP contribution in [0.3, 0.4) is 0 Å². The van der Waals surface area contributed by atoms with Gasteiger partial charge < -0.3 is 19.5 Å². The zero-order valence-electron chi connectivity index (χ0n) is 12.3. The molecule has 0 aromatic heterocycles. The predicted octanol–water partition coefficient (Wildman–Crippen LogP) is 2.17. The van der Waals surface area contributed by atoms with Gasteiger partial charge in [0.05, 0.1) is 19.3 Å². The third-order valence-corrected chi connectivity index (χ3v) is 2.67. The molecular weight excluding hydrogens is 242 g/mol. The van der Waals surface area contributed by atoms with E-state index in [9.17, 15) is 5.11 Å². The molecule has 108 valence electrons. The predicted molar refractivity (Wildman–Crippen MR) is 76.9 cm³/mol. The maximum absolute atomic E-state index is 9.69. The molecule has 0 fully saturated rings. The monoisotopic (exact) mass is 267 g/mol. The summed E-state index contributed by atoms with van der Waals surface area (Å²) in [4.78, 5) is 2.11. The minimum Gasteiger partial charge on any atom is -0.497 e. The first-order valence-corrected chi connectivity index (χ1v) is 6.58. The van der Waals surface area contributed by atoms with E-state index >= 15 is 0 Å². The van der Waals surface area contributed by atoms with E-state index < -0.39 is 5.60 Å². The molecule has 1 aromatic rings. The van der Waals surface area contributed by atoms with E-state index in [1.54, 1.807) is 7.11 Å². The molecule has 4 nitrogen and oxygen atoms in total. The van der Waals surface area contributed by atoms with Crippen LogP contribution in [0.25, 0.3) is 0 Å². The summed E-state index contributed by atoms with van der Waals surface area (Å²) >= 11 is 0. The number of benzene rings is 1. The van der Waals surface area contributed by atoms with Crippen molar-refractivity contribution in [2.75, 3.05) is 33.9 Å². The summed E-state index contributed by atoms with van der Waals surface area (Å²) in [5.74, 6) is 1.68. The lowest BCUT2D eigenvalue weighted by Gasteiger charge is -2.25. The van der Waals surface area contributed by atoms with E-state index in [4.69, 9.17) is 9.47 Å². The van der Waals surface area contributed by atoms with Crippen molar-refractivity contribution in [3.8, 4) is 11.5 Å². The van der Waals surface area contributed by atoms with Crippen molar-refractivity contribution in [1.82, 2.24) is 4.90 Å². The fourth-order valence-corrected chi connectivity index (χ4v) is 1.94. The summed E-state index contributed by atoms with van der Waals surface area (Å²) < 4.78 is 10.7. The van der Waals surface area contributed by atoms with Gasteiger partial charge in [0, 0.05) is 13.1 Å². The number of aliphatic hydroxyl groups is 1. The van der Waals surface area contributed by atoms with Gasteiger partial charge in [-0.3, -0.25) is 0 Å². The number of likely N-dealkylation sites (N-methyl/N-ethyl adjacent to an activating group) is 1. The van der Waals surface area contributed by atoms with Crippen molar-refractivity contribution in [1.29, 1.82) is 0 Å². The molecule has 1 aromatic carbocycles. The maximum Gasteiger partial charge on any atom is 0.119 e. The number of rotatable bonds is 8. The second-order valence-corrected chi connectivity index (χ2v) is 5.43. The first kappa shape index (κ1) is 15.8. The van der Waals surface area contributed by atoms with Crippen molar-refractivity contribution in [3.63, 3.8) is 0 Å². The lowest BCUT2D eigenvalue weighted by Crippen LogP contribution is -2.37. The van der Waals surface area contributed by atoms with Crippen LogP contribution in [-0.2, 0) is 0 Å². The number of ether oxygens (including phenoxy) is 2. The molecule has 0 bridgehead atoms. The van der Waals surface area contributed by atoms with Crippen LogP contribution in [0.15, 0.2) is 24.3 Å². The van der Waals surface area contributed by atoms with Crippen LogP contribution in [0.4, 0.5) is 0 Å². The Morgan fingerprint density at radius 2 is 1.74 bits per heavy atom. The van der Waals surface area contributed by atoms with Crippen molar-refractivity contribution >= 4 is 0 Å². The van der Waals surface area contributed by atoms with Gasteiger partial charge >= 0.3 is 0 Å². The Labute approximate surface area is 115 Å². The van der Waals surface area contributed by atoms with E-state index in [0.717, 1.165) is 24.5 Å². The molecule has 0 heterocycles. The SMILES string of the molecule is COc1ccc(OCCCN(C)CC(C)(C)O)cc1. The van der Waals surface area contributed by atoms with Crippen molar-refractivity contribution in [2.45, 2.75) is 25.9 Å². The highest BCUT2D eigenvalue weighted by Crippen LogP contribution is 2.17. The van der Waals surface area contributed by atoms with Crippen molar-refractivity contribution in [3.05, 3.63) is 24.3 Å². The Balaban J connectivity index is 2.19. The molecule has 0 amide bonds. The van der Waals surface area contributed by atoms with Gasteiger partial charge in [-0.15, -0.1) is 0 Å². The average molecular weight is 267 g/mol. The highest BCUT2D eigenvalue weighted by atomic mass is 16.5. The van der Waals surface area contributed by atoms with Crippen LogP contribution >= 0.6 is 0 Å². The first-order valence-electron chi connectivity index (χ1n) is 6.58. The van der Waals surface area contributed by atoms with Crippen LogP contribution in [-0.4, -0.2) is 49.5 Å². The number of nitrogens with zero attached hydrogens (tertiary/aromatic N) is 1. The summed E-state index contributed by atoms with van der Waals surface area (Å²) in [6.45, 7) is 5.87. The maximum atomic E-state index is 9.69. The van der Waals surface area contributed by atoms with Crippen LogP contribution in [0.2, 0.25) is 0 Å². The Bertz CT molecular complexity index is 357. The largest absolute Gasteiger partial charge is 0.497 e. The molecule has 0 unspecified atom stereocenters. The Hall–Kier alpha value is -1.26. The van der Waals surface area contributed by atoms with Gasteiger partial charge in [0.15, 0.2) is 0 Å². The molecule has 4 heteroatoms. The fraction of sp³-hybridized carbons (Fsp3) is 0.600. The van der Waals surface area contributed by atoms with Crippen molar-refractivity contribution in [2.24, 2.45) is 0 Å². The molecule has 0 radical (unpaired) electrons. The quantitative estimate of drug-likeness (QED) is 0.733. The normalized spacial score (nSPS) is 11.7. The fourth-order valence-electron chi connectivity index (χ4n) is 1.94. The van der Waals surface area contributed by atoms with Gasteiger partial charge in [-0.25, -0.2) is 0 Å². The number of hydrogen-bond acceptors (Lipinski definition) is 4. The van der Waals surface area contributed by atoms with E-state index in [1.165, 1.54) is 0 Å². The van der Waals surface area contributed by atoms with Gasteiger partial charge in [0.2, 0.25) is 0 Å². The van der Waals surface area contributed by atoms with Crippen LogP contribution < -0.4 is 9.47 Å². The van der Waals surface area contributed by atoms with Gasteiger partial charge in [-0.1, -0.05) is 0 Å². The molecule has 1 N–H and O–H groups in total. The molecule has 0 atom stereocenters. The zero-order valence-corrected chi connectivity index (χ0v) is 12.3. The summed E-state index contributed by atoms with van der Waals surface area (Å²) in [5.41, 5.74) is -0.647. The van der Waals surface area contributed by atoms with Crippen LogP contribution in [0.1, 0.15) is 20.3 Å². The molecule has 1 rings (SSSR count). The summed E-state index contributed by atoms with van der Waals surface area (Å²) in [5, 5.41) is 9.69. The second-order valence-electron chi connectivity index (χ2n) is 5.43. The number of hydrogen-bond donors (Lipinski definition) is 1. The summed E-state index contributed by atoms with van der Waals surface area (Å²) in [6.07, 6.45) is 0.929. The first-order chi connectivity index (χ1) is 8.90. The molecule has 19 heavy (non-hydrogen) atoms. The molecule has 0 aliphatic heterocycles. The Kier molecular flexibility index (Phi) is 6.12. The van der Waals surface area contributed by atoms with E-state index in [2.05, 4.69) is 4.90 Å². The van der Waals surface area contributed by atoms with Gasteiger partial charge in [-0.2, -0.15) is 0 Å². The third-order valence-electron chi connectivity index (χ3n) is 2.67. The topological polar surface area (TPSA) is 41.9 Å². The molecule has 0 saturated heterocycles. The van der Waals surface area contributed by atoms with E-state index in [0.29, 0.717) is 13.2 Å². The molecule has 0 spiro atoms. The molecule has 0 aliphatic carbocycles. The number of methoxy groups -OCH3 is 1. The minimum absolute atomic E-state index is 0.647. The molecular formula is C15H25NO3. The van der Waals surface area contributed by atoms with Gasteiger partial charge in [0.1, 0.15) is 11.5 Å². The van der Waals surface area contributed by atoms with E-state index in [1.807, 2.05) is 45.2 Å².